The summed E-state index contributed by atoms with van der Waals surface area (Å²) in [5, 5.41) is 15.1. The van der Waals surface area contributed by atoms with Gasteiger partial charge in [-0.15, -0.1) is 0 Å². The van der Waals surface area contributed by atoms with Gasteiger partial charge in [0, 0.05) is 28.9 Å². The maximum atomic E-state index is 12.1. The zero-order valence-electron chi connectivity index (χ0n) is 15.0. The number of rotatable bonds is 8. The number of nitrogens with zero attached hydrogens (tertiary/aromatic N) is 2. The summed E-state index contributed by atoms with van der Waals surface area (Å²) in [5.41, 5.74) is 8.90. The monoisotopic (exact) mass is 372 g/mol. The molecule has 0 bridgehead atoms. The summed E-state index contributed by atoms with van der Waals surface area (Å²) in [6.45, 7) is 4.13. The summed E-state index contributed by atoms with van der Waals surface area (Å²) >= 11 is 0. The average Bonchev–Trinajstić information content (AvgIpc) is 2.63. The number of nitrogen functional groups attached to an aromatic ring is 1. The van der Waals surface area contributed by atoms with Crippen LogP contribution in [0.3, 0.4) is 0 Å². The number of carbonyl (C=O) groups excluding carboxylic acids is 1. The first-order valence-electron chi connectivity index (χ1n) is 8.23. The topological polar surface area (TPSA) is 129 Å². The molecule has 2 aromatic carbocycles. The first kappa shape index (κ1) is 19.7. The van der Waals surface area contributed by atoms with Gasteiger partial charge in [0.1, 0.15) is 5.75 Å². The van der Waals surface area contributed by atoms with Crippen molar-refractivity contribution >= 4 is 23.5 Å². The third kappa shape index (κ3) is 5.18. The van der Waals surface area contributed by atoms with Gasteiger partial charge in [-0.2, -0.15) is 5.10 Å². The van der Waals surface area contributed by atoms with Crippen LogP contribution in [0.2, 0.25) is 0 Å². The number of ether oxygens (including phenoxy) is 2. The van der Waals surface area contributed by atoms with Gasteiger partial charge in [-0.05, 0) is 32.0 Å². The first-order chi connectivity index (χ1) is 13.0. The van der Waals surface area contributed by atoms with E-state index < -0.39 is 10.8 Å². The van der Waals surface area contributed by atoms with Crippen molar-refractivity contribution in [2.75, 3.05) is 18.9 Å². The molecule has 0 heterocycles. The number of nitro benzene ring substituents is 1. The summed E-state index contributed by atoms with van der Waals surface area (Å²) in [6, 6.07) is 9.13. The Morgan fingerprint density at radius 3 is 2.56 bits per heavy atom. The molecule has 2 aromatic rings. The molecule has 0 radical (unpaired) electrons. The van der Waals surface area contributed by atoms with Crippen LogP contribution in [-0.4, -0.2) is 30.3 Å². The summed E-state index contributed by atoms with van der Waals surface area (Å²) in [5.74, 6) is -0.00246. The number of hydrogen-bond donors (Lipinski definition) is 2. The Labute approximate surface area is 155 Å². The van der Waals surface area contributed by atoms with Crippen molar-refractivity contribution < 1.29 is 19.2 Å². The molecule has 0 aliphatic rings. The van der Waals surface area contributed by atoms with E-state index in [1.165, 1.54) is 24.4 Å². The van der Waals surface area contributed by atoms with Crippen LogP contribution in [0, 0.1) is 10.1 Å². The minimum absolute atomic E-state index is 0.104. The summed E-state index contributed by atoms with van der Waals surface area (Å²) < 4.78 is 10.8. The smallest absolute Gasteiger partial charge is 0.311 e. The van der Waals surface area contributed by atoms with Crippen LogP contribution in [0.5, 0.6) is 11.5 Å². The van der Waals surface area contributed by atoms with Gasteiger partial charge < -0.3 is 15.2 Å². The molecule has 0 aliphatic heterocycles. The van der Waals surface area contributed by atoms with Crippen molar-refractivity contribution in [1.29, 1.82) is 0 Å². The van der Waals surface area contributed by atoms with Gasteiger partial charge >= 0.3 is 5.69 Å². The molecule has 1 amide bonds. The molecule has 0 saturated heterocycles. The summed E-state index contributed by atoms with van der Waals surface area (Å²) in [7, 11) is 0. The Bertz CT molecular complexity index is 867. The number of nitrogens with one attached hydrogen (secondary N) is 1. The fourth-order valence-corrected chi connectivity index (χ4v) is 2.27. The molecule has 2 rings (SSSR count). The summed E-state index contributed by atoms with van der Waals surface area (Å²) in [4.78, 5) is 22.8. The van der Waals surface area contributed by atoms with Crippen LogP contribution in [-0.2, 0) is 0 Å². The van der Waals surface area contributed by atoms with E-state index in [0.717, 1.165) is 0 Å². The number of hydrogen-bond acceptors (Lipinski definition) is 7. The normalized spacial score (nSPS) is 10.6. The number of nitro groups is 1. The molecule has 0 aliphatic carbocycles. The quantitative estimate of drug-likeness (QED) is 0.317. The van der Waals surface area contributed by atoms with Crippen molar-refractivity contribution in [3.05, 3.63) is 57.6 Å². The van der Waals surface area contributed by atoms with E-state index in [1.807, 2.05) is 0 Å². The molecule has 0 saturated carbocycles. The van der Waals surface area contributed by atoms with Gasteiger partial charge in [-0.3, -0.25) is 14.9 Å². The molecular weight excluding hydrogens is 352 g/mol. The highest BCUT2D eigenvalue weighted by Crippen LogP contribution is 2.34. The van der Waals surface area contributed by atoms with Crippen LogP contribution < -0.4 is 20.6 Å². The maximum Gasteiger partial charge on any atom is 0.311 e. The van der Waals surface area contributed by atoms with Crippen LogP contribution >= 0.6 is 0 Å². The maximum absolute atomic E-state index is 12.1. The van der Waals surface area contributed by atoms with E-state index in [4.69, 9.17) is 15.2 Å². The molecule has 3 N–H and O–H groups in total. The standard InChI is InChI=1S/C18H20N4O5/c1-3-26-16-10-17(27-4-2)15(22(24)25)9-13(16)11-20-21-18(23)12-6-5-7-14(19)8-12/h5-11H,3-4,19H2,1-2H3,(H,21,23)/b20-11-. The molecule has 0 atom stereocenters. The first-order valence-corrected chi connectivity index (χ1v) is 8.23. The molecule has 27 heavy (non-hydrogen) atoms. The molecule has 142 valence electrons. The Hall–Kier alpha value is -3.62. The lowest BCUT2D eigenvalue weighted by Crippen LogP contribution is -2.17. The lowest BCUT2D eigenvalue weighted by Gasteiger charge is -2.10. The van der Waals surface area contributed by atoms with E-state index in [9.17, 15) is 14.9 Å². The van der Waals surface area contributed by atoms with Gasteiger partial charge in [-0.1, -0.05) is 6.07 Å². The largest absolute Gasteiger partial charge is 0.493 e. The number of nitrogens with two attached hydrogens (primary N) is 1. The van der Waals surface area contributed by atoms with E-state index in [0.29, 0.717) is 29.2 Å². The zero-order chi connectivity index (χ0) is 19.8. The average molecular weight is 372 g/mol. The molecule has 0 unspecified atom stereocenters. The highest BCUT2D eigenvalue weighted by molar-refractivity contribution is 5.96. The lowest BCUT2D eigenvalue weighted by molar-refractivity contribution is -0.385. The van der Waals surface area contributed by atoms with Crippen molar-refractivity contribution in [3.8, 4) is 11.5 Å². The van der Waals surface area contributed by atoms with E-state index in [-0.39, 0.29) is 18.0 Å². The van der Waals surface area contributed by atoms with E-state index in [1.54, 1.807) is 32.0 Å². The number of benzene rings is 2. The Balaban J connectivity index is 2.27. The van der Waals surface area contributed by atoms with Crippen molar-refractivity contribution in [1.82, 2.24) is 5.43 Å². The molecule has 0 fully saturated rings. The third-order valence-electron chi connectivity index (χ3n) is 3.41. The molecule has 0 aromatic heterocycles. The third-order valence-corrected chi connectivity index (χ3v) is 3.41. The SMILES string of the molecule is CCOc1cc(OCC)c([N+](=O)[O-])cc1/C=N\NC(=O)c1cccc(N)c1. The van der Waals surface area contributed by atoms with Gasteiger partial charge in [0.15, 0.2) is 0 Å². The Kier molecular flexibility index (Phi) is 6.70. The van der Waals surface area contributed by atoms with Crippen LogP contribution in [0.1, 0.15) is 29.8 Å². The predicted molar refractivity (Wildman–Crippen MR) is 101 cm³/mol. The van der Waals surface area contributed by atoms with Crippen LogP contribution in [0.15, 0.2) is 41.5 Å². The molecule has 9 heteroatoms. The predicted octanol–water partition coefficient (Wildman–Crippen LogP) is 2.74. The second-order valence-electron chi connectivity index (χ2n) is 5.31. The fraction of sp³-hybridized carbons (Fsp3) is 0.222. The number of carbonyl (C=O) groups is 1. The van der Waals surface area contributed by atoms with Gasteiger partial charge in [0.05, 0.1) is 24.4 Å². The summed E-state index contributed by atoms with van der Waals surface area (Å²) in [6.07, 6.45) is 1.28. The van der Waals surface area contributed by atoms with E-state index >= 15 is 0 Å². The molecule has 9 nitrogen and oxygen atoms in total. The lowest BCUT2D eigenvalue weighted by atomic mass is 10.1. The number of amides is 1. The second kappa shape index (κ2) is 9.18. The zero-order valence-corrected chi connectivity index (χ0v) is 15.0. The van der Waals surface area contributed by atoms with Crippen molar-refractivity contribution in [3.63, 3.8) is 0 Å². The minimum Gasteiger partial charge on any atom is -0.493 e. The number of hydrazone groups is 1. The van der Waals surface area contributed by atoms with Gasteiger partial charge in [-0.25, -0.2) is 5.43 Å². The molecule has 0 spiro atoms. The van der Waals surface area contributed by atoms with Crippen molar-refractivity contribution in [2.45, 2.75) is 13.8 Å². The Morgan fingerprint density at radius 2 is 1.93 bits per heavy atom. The Morgan fingerprint density at radius 1 is 1.22 bits per heavy atom. The van der Waals surface area contributed by atoms with E-state index in [2.05, 4.69) is 10.5 Å². The highest BCUT2D eigenvalue weighted by atomic mass is 16.6. The van der Waals surface area contributed by atoms with Gasteiger partial charge in [0.25, 0.3) is 5.91 Å². The minimum atomic E-state index is -0.552. The molecular formula is C18H20N4O5. The fourth-order valence-electron chi connectivity index (χ4n) is 2.27. The highest BCUT2D eigenvalue weighted by Gasteiger charge is 2.19. The second-order valence-corrected chi connectivity index (χ2v) is 5.31. The van der Waals surface area contributed by atoms with Gasteiger partial charge in [0.2, 0.25) is 5.75 Å². The van der Waals surface area contributed by atoms with Crippen LogP contribution in [0.4, 0.5) is 11.4 Å². The van der Waals surface area contributed by atoms with Crippen LogP contribution in [0.25, 0.3) is 0 Å². The number of anilines is 1. The van der Waals surface area contributed by atoms with Crippen molar-refractivity contribution in [2.24, 2.45) is 5.10 Å².